The zero-order valence-corrected chi connectivity index (χ0v) is 10.2. The molecule has 2 heterocycles. The van der Waals surface area contributed by atoms with Gasteiger partial charge >= 0.3 is 0 Å². The number of pyridine rings is 1. The van der Waals surface area contributed by atoms with Crippen molar-refractivity contribution in [2.75, 3.05) is 0 Å². The Balaban J connectivity index is 2.32. The summed E-state index contributed by atoms with van der Waals surface area (Å²) >= 11 is 5.89. The van der Waals surface area contributed by atoms with E-state index in [1.54, 1.807) is 18.3 Å². The van der Waals surface area contributed by atoms with Crippen LogP contribution in [0.3, 0.4) is 0 Å². The van der Waals surface area contributed by atoms with E-state index < -0.39 is 4.92 Å². The molecule has 0 aliphatic heterocycles. The molecular weight excluding hydrogens is 270 g/mol. The quantitative estimate of drug-likeness (QED) is 0.529. The van der Waals surface area contributed by atoms with Crippen LogP contribution in [0.1, 0.15) is 0 Å². The molecule has 0 saturated carbocycles. The molecule has 1 aromatic carbocycles. The van der Waals surface area contributed by atoms with Gasteiger partial charge in [-0.15, -0.1) is 5.10 Å². The number of hydrogen-bond acceptors (Lipinski definition) is 5. The molecule has 2 aromatic heterocycles. The summed E-state index contributed by atoms with van der Waals surface area (Å²) < 4.78 is 1.35. The van der Waals surface area contributed by atoms with E-state index in [1.165, 1.54) is 22.9 Å². The highest BCUT2D eigenvalue weighted by molar-refractivity contribution is 6.30. The molecule has 8 heteroatoms. The van der Waals surface area contributed by atoms with Gasteiger partial charge in [-0.25, -0.2) is 9.67 Å². The lowest BCUT2D eigenvalue weighted by Gasteiger charge is -2.03. The van der Waals surface area contributed by atoms with Crippen molar-refractivity contribution in [1.29, 1.82) is 0 Å². The van der Waals surface area contributed by atoms with E-state index in [1.807, 2.05) is 0 Å². The van der Waals surface area contributed by atoms with Gasteiger partial charge in [0.25, 0.3) is 5.69 Å². The molecule has 0 bridgehead atoms. The number of aromatic nitrogens is 4. The van der Waals surface area contributed by atoms with Crippen LogP contribution in [0.5, 0.6) is 0 Å². The average Bonchev–Trinajstić information content (AvgIpc) is 2.82. The maximum atomic E-state index is 11.0. The molecule has 94 valence electrons. The van der Waals surface area contributed by atoms with Crippen LogP contribution >= 0.6 is 11.6 Å². The fourth-order valence-electron chi connectivity index (χ4n) is 1.76. The SMILES string of the molecule is O=[N+]([O-])c1ccc(Cl)cc1-n1nnc2ncccc21. The molecule has 0 unspecified atom stereocenters. The summed E-state index contributed by atoms with van der Waals surface area (Å²) in [6.07, 6.45) is 1.58. The first-order chi connectivity index (χ1) is 9.16. The Morgan fingerprint density at radius 2 is 2.16 bits per heavy atom. The van der Waals surface area contributed by atoms with Gasteiger partial charge in [-0.3, -0.25) is 10.1 Å². The lowest BCUT2D eigenvalue weighted by molar-refractivity contribution is -0.384. The van der Waals surface area contributed by atoms with Crippen molar-refractivity contribution >= 4 is 28.5 Å². The number of nitro groups is 1. The predicted molar refractivity (Wildman–Crippen MR) is 68.3 cm³/mol. The Morgan fingerprint density at radius 3 is 2.95 bits per heavy atom. The second-order valence-corrected chi connectivity index (χ2v) is 4.17. The third-order valence-corrected chi connectivity index (χ3v) is 2.82. The van der Waals surface area contributed by atoms with Gasteiger partial charge in [-0.2, -0.15) is 0 Å². The van der Waals surface area contributed by atoms with Crippen LogP contribution in [0.15, 0.2) is 36.5 Å². The molecule has 0 radical (unpaired) electrons. The van der Waals surface area contributed by atoms with Gasteiger partial charge in [-0.05, 0) is 24.3 Å². The Bertz CT molecular complexity index is 786. The van der Waals surface area contributed by atoms with Crippen LogP contribution in [-0.2, 0) is 0 Å². The third kappa shape index (κ3) is 1.89. The van der Waals surface area contributed by atoms with E-state index in [4.69, 9.17) is 11.6 Å². The second kappa shape index (κ2) is 4.29. The first-order valence-corrected chi connectivity index (χ1v) is 5.65. The van der Waals surface area contributed by atoms with Crippen molar-refractivity contribution in [3.8, 4) is 5.69 Å². The molecule has 0 N–H and O–H groups in total. The third-order valence-electron chi connectivity index (χ3n) is 2.59. The number of hydrogen-bond donors (Lipinski definition) is 0. The minimum atomic E-state index is -0.491. The maximum absolute atomic E-state index is 11.0. The van der Waals surface area contributed by atoms with E-state index in [2.05, 4.69) is 15.3 Å². The summed E-state index contributed by atoms with van der Waals surface area (Å²) in [6.45, 7) is 0. The van der Waals surface area contributed by atoms with Gasteiger partial charge in [0.05, 0.1) is 4.92 Å². The minimum absolute atomic E-state index is 0.0972. The maximum Gasteiger partial charge on any atom is 0.295 e. The number of fused-ring (bicyclic) bond motifs is 1. The monoisotopic (exact) mass is 275 g/mol. The summed E-state index contributed by atoms with van der Waals surface area (Å²) in [4.78, 5) is 14.6. The molecule has 3 aromatic rings. The highest BCUT2D eigenvalue weighted by Gasteiger charge is 2.18. The van der Waals surface area contributed by atoms with Gasteiger partial charge < -0.3 is 0 Å². The van der Waals surface area contributed by atoms with E-state index in [9.17, 15) is 10.1 Å². The van der Waals surface area contributed by atoms with Gasteiger partial charge in [-0.1, -0.05) is 16.8 Å². The van der Waals surface area contributed by atoms with Gasteiger partial charge in [0.1, 0.15) is 11.2 Å². The number of halogens is 1. The lowest BCUT2D eigenvalue weighted by atomic mass is 10.2. The van der Waals surface area contributed by atoms with Crippen LogP contribution in [0.2, 0.25) is 5.02 Å². The van der Waals surface area contributed by atoms with Crippen molar-refractivity contribution in [3.63, 3.8) is 0 Å². The Morgan fingerprint density at radius 1 is 1.32 bits per heavy atom. The van der Waals surface area contributed by atoms with Gasteiger partial charge in [0.2, 0.25) is 5.65 Å². The van der Waals surface area contributed by atoms with Crippen LogP contribution < -0.4 is 0 Å². The Labute approximate surface area is 111 Å². The smallest absolute Gasteiger partial charge is 0.258 e. The largest absolute Gasteiger partial charge is 0.295 e. The van der Waals surface area contributed by atoms with Gasteiger partial charge in [0.15, 0.2) is 0 Å². The number of nitrogens with zero attached hydrogens (tertiary/aromatic N) is 5. The standard InChI is InChI=1S/C11H6ClN5O2/c12-7-3-4-8(17(18)19)10(6-7)16-9-2-1-5-13-11(9)14-15-16/h1-6H. The molecule has 0 atom stereocenters. The molecule has 0 amide bonds. The summed E-state index contributed by atoms with van der Waals surface area (Å²) in [5.74, 6) is 0. The Kier molecular flexibility index (Phi) is 2.60. The highest BCUT2D eigenvalue weighted by atomic mass is 35.5. The predicted octanol–water partition coefficient (Wildman–Crippen LogP) is 2.38. The first kappa shape index (κ1) is 11.5. The van der Waals surface area contributed by atoms with Crippen LogP contribution in [0.4, 0.5) is 5.69 Å². The molecule has 0 fully saturated rings. The molecule has 0 spiro atoms. The minimum Gasteiger partial charge on any atom is -0.258 e. The molecular formula is C11H6ClN5O2. The zero-order valence-electron chi connectivity index (χ0n) is 9.39. The first-order valence-electron chi connectivity index (χ1n) is 5.27. The van der Waals surface area contributed by atoms with E-state index in [0.29, 0.717) is 16.2 Å². The summed E-state index contributed by atoms with van der Waals surface area (Å²) in [5, 5.41) is 19.2. The van der Waals surface area contributed by atoms with Crippen molar-refractivity contribution in [2.45, 2.75) is 0 Å². The fraction of sp³-hybridized carbons (Fsp3) is 0. The highest BCUT2D eigenvalue weighted by Crippen LogP contribution is 2.27. The topological polar surface area (TPSA) is 86.7 Å². The molecule has 0 saturated heterocycles. The number of rotatable bonds is 2. The fourth-order valence-corrected chi connectivity index (χ4v) is 1.93. The van der Waals surface area contributed by atoms with E-state index in [-0.39, 0.29) is 11.4 Å². The van der Waals surface area contributed by atoms with Crippen molar-refractivity contribution in [2.24, 2.45) is 0 Å². The van der Waals surface area contributed by atoms with Crippen LogP contribution in [0.25, 0.3) is 16.9 Å². The van der Waals surface area contributed by atoms with Crippen LogP contribution in [0, 0.1) is 10.1 Å². The molecule has 7 nitrogen and oxygen atoms in total. The molecule has 19 heavy (non-hydrogen) atoms. The van der Waals surface area contributed by atoms with Crippen LogP contribution in [-0.4, -0.2) is 24.9 Å². The second-order valence-electron chi connectivity index (χ2n) is 3.74. The molecule has 0 aliphatic rings. The van der Waals surface area contributed by atoms with E-state index >= 15 is 0 Å². The van der Waals surface area contributed by atoms with Crippen molar-refractivity contribution in [3.05, 3.63) is 51.7 Å². The number of benzene rings is 1. The van der Waals surface area contributed by atoms with E-state index in [0.717, 1.165) is 0 Å². The average molecular weight is 276 g/mol. The zero-order chi connectivity index (χ0) is 13.4. The van der Waals surface area contributed by atoms with Crippen molar-refractivity contribution < 1.29 is 4.92 Å². The summed E-state index contributed by atoms with van der Waals surface area (Å²) in [6, 6.07) is 7.70. The normalized spacial score (nSPS) is 10.8. The van der Waals surface area contributed by atoms with Crippen molar-refractivity contribution in [1.82, 2.24) is 20.0 Å². The van der Waals surface area contributed by atoms with Gasteiger partial charge in [0, 0.05) is 17.3 Å². The lowest BCUT2D eigenvalue weighted by Crippen LogP contribution is -2.02. The summed E-state index contributed by atoms with van der Waals surface area (Å²) in [7, 11) is 0. The summed E-state index contributed by atoms with van der Waals surface area (Å²) in [5.41, 5.74) is 1.15. The Hall–Kier alpha value is -2.54. The molecule has 3 rings (SSSR count). The molecule has 0 aliphatic carbocycles. The number of nitro benzene ring substituents is 1.